The van der Waals surface area contributed by atoms with Gasteiger partial charge in [-0.2, -0.15) is 0 Å². The molecule has 3 rings (SSSR count). The molecule has 1 unspecified atom stereocenters. The zero-order valence-corrected chi connectivity index (χ0v) is 17.6. The number of amides is 2. The van der Waals surface area contributed by atoms with Gasteiger partial charge in [-0.15, -0.1) is 0 Å². The number of benzene rings is 2. The molecule has 0 aliphatic carbocycles. The maximum atomic E-state index is 13.4. The number of rotatable bonds is 7. The van der Waals surface area contributed by atoms with E-state index in [1.54, 1.807) is 6.92 Å². The summed E-state index contributed by atoms with van der Waals surface area (Å²) in [6.07, 6.45) is 0. The van der Waals surface area contributed by atoms with Gasteiger partial charge < -0.3 is 21.7 Å². The second kappa shape index (κ2) is 8.92. The SMILES string of the molecule is CNC(=O)c1ccc(C(=O)c2sc(N(c3ccc(F)cc3)C(C)C(N)=O)nc2N)cc1. The van der Waals surface area contributed by atoms with Gasteiger partial charge in [-0.05, 0) is 43.3 Å². The van der Waals surface area contributed by atoms with Crippen LogP contribution in [0.15, 0.2) is 48.5 Å². The van der Waals surface area contributed by atoms with Gasteiger partial charge in [0.05, 0.1) is 0 Å². The lowest BCUT2D eigenvalue weighted by Gasteiger charge is -2.26. The highest BCUT2D eigenvalue weighted by Crippen LogP contribution is 2.36. The number of hydrogen-bond acceptors (Lipinski definition) is 7. The summed E-state index contributed by atoms with van der Waals surface area (Å²) in [6.45, 7) is 1.57. The summed E-state index contributed by atoms with van der Waals surface area (Å²) in [5.41, 5.74) is 12.7. The van der Waals surface area contributed by atoms with Crippen LogP contribution in [0, 0.1) is 5.82 Å². The van der Waals surface area contributed by atoms with E-state index in [4.69, 9.17) is 11.5 Å². The Labute approximate surface area is 181 Å². The third-order valence-electron chi connectivity index (χ3n) is 4.59. The molecule has 0 saturated carbocycles. The maximum absolute atomic E-state index is 13.4. The monoisotopic (exact) mass is 441 g/mol. The standard InChI is InChI=1S/C21H20FN5O3S/c1-11(19(24)29)27(15-9-7-14(22)8-10-15)21-26-18(23)17(31-21)16(28)12-3-5-13(6-4-12)20(30)25-2/h3-11H,23H2,1-2H3,(H2,24,29)(H,25,30). The van der Waals surface area contributed by atoms with Crippen LogP contribution in [0.5, 0.6) is 0 Å². The van der Waals surface area contributed by atoms with E-state index in [1.165, 1.54) is 60.5 Å². The van der Waals surface area contributed by atoms with Crippen molar-refractivity contribution in [3.63, 3.8) is 0 Å². The van der Waals surface area contributed by atoms with Crippen LogP contribution in [0.1, 0.15) is 32.5 Å². The largest absolute Gasteiger partial charge is 0.382 e. The van der Waals surface area contributed by atoms with Crippen LogP contribution in [0.4, 0.5) is 21.0 Å². The summed E-state index contributed by atoms with van der Waals surface area (Å²) in [4.78, 5) is 42.4. The van der Waals surface area contributed by atoms with Gasteiger partial charge in [0, 0.05) is 23.9 Å². The summed E-state index contributed by atoms with van der Waals surface area (Å²) in [6, 6.07) is 10.7. The van der Waals surface area contributed by atoms with Gasteiger partial charge in [-0.3, -0.25) is 14.4 Å². The van der Waals surface area contributed by atoms with Crippen molar-refractivity contribution < 1.29 is 18.8 Å². The van der Waals surface area contributed by atoms with E-state index in [0.717, 1.165) is 11.3 Å². The number of hydrogen-bond donors (Lipinski definition) is 3. The van der Waals surface area contributed by atoms with Gasteiger partial charge in [0.25, 0.3) is 5.91 Å². The molecule has 0 bridgehead atoms. The number of nitrogen functional groups attached to an aromatic ring is 1. The summed E-state index contributed by atoms with van der Waals surface area (Å²) < 4.78 is 13.4. The number of carbonyl (C=O) groups excluding carboxylic acids is 3. The Balaban J connectivity index is 1.98. The molecule has 0 radical (unpaired) electrons. The fourth-order valence-electron chi connectivity index (χ4n) is 2.86. The van der Waals surface area contributed by atoms with Crippen molar-refractivity contribution in [2.45, 2.75) is 13.0 Å². The number of ketones is 1. The fraction of sp³-hybridized carbons (Fsp3) is 0.143. The van der Waals surface area contributed by atoms with E-state index in [-0.39, 0.29) is 27.5 Å². The molecule has 0 fully saturated rings. The zero-order chi connectivity index (χ0) is 22.7. The first kappa shape index (κ1) is 21.9. The van der Waals surface area contributed by atoms with Crippen LogP contribution in [0.2, 0.25) is 0 Å². The third kappa shape index (κ3) is 4.53. The van der Waals surface area contributed by atoms with Gasteiger partial charge in [0.15, 0.2) is 5.13 Å². The van der Waals surface area contributed by atoms with Crippen molar-refractivity contribution in [1.29, 1.82) is 0 Å². The first-order chi connectivity index (χ1) is 14.7. The molecule has 2 amide bonds. The van der Waals surface area contributed by atoms with Crippen molar-refractivity contribution >= 4 is 45.6 Å². The number of thiazole rings is 1. The Morgan fingerprint density at radius 1 is 1.06 bits per heavy atom. The lowest BCUT2D eigenvalue weighted by Crippen LogP contribution is -2.39. The quantitative estimate of drug-likeness (QED) is 0.483. The number of carbonyl (C=O) groups is 3. The summed E-state index contributed by atoms with van der Waals surface area (Å²) in [7, 11) is 1.51. The molecule has 0 aliphatic heterocycles. The van der Waals surface area contributed by atoms with E-state index >= 15 is 0 Å². The first-order valence-electron chi connectivity index (χ1n) is 9.20. The highest BCUT2D eigenvalue weighted by Gasteiger charge is 2.27. The number of halogens is 1. The van der Waals surface area contributed by atoms with E-state index < -0.39 is 17.8 Å². The number of nitrogens with one attached hydrogen (secondary N) is 1. The van der Waals surface area contributed by atoms with Crippen LogP contribution in [-0.4, -0.2) is 35.7 Å². The molecule has 3 aromatic rings. The molecule has 2 aromatic carbocycles. The Morgan fingerprint density at radius 2 is 1.65 bits per heavy atom. The van der Waals surface area contributed by atoms with Crippen molar-refractivity contribution in [2.24, 2.45) is 5.73 Å². The molecule has 0 spiro atoms. The van der Waals surface area contributed by atoms with E-state index in [9.17, 15) is 18.8 Å². The lowest BCUT2D eigenvalue weighted by molar-refractivity contribution is -0.118. The average molecular weight is 441 g/mol. The van der Waals surface area contributed by atoms with Crippen LogP contribution in [0.25, 0.3) is 0 Å². The molecule has 31 heavy (non-hydrogen) atoms. The maximum Gasteiger partial charge on any atom is 0.251 e. The summed E-state index contributed by atoms with van der Waals surface area (Å²) in [5.74, 6) is -1.73. The number of nitrogens with zero attached hydrogens (tertiary/aromatic N) is 2. The second-order valence-corrected chi connectivity index (χ2v) is 7.60. The molecule has 1 heterocycles. The third-order valence-corrected chi connectivity index (χ3v) is 5.66. The minimum absolute atomic E-state index is 0.0100. The van der Waals surface area contributed by atoms with E-state index in [1.807, 2.05) is 0 Å². The predicted molar refractivity (Wildman–Crippen MR) is 117 cm³/mol. The van der Waals surface area contributed by atoms with Crippen molar-refractivity contribution in [3.05, 3.63) is 70.4 Å². The normalized spacial score (nSPS) is 11.6. The van der Waals surface area contributed by atoms with E-state index in [0.29, 0.717) is 16.8 Å². The highest BCUT2D eigenvalue weighted by molar-refractivity contribution is 7.18. The molecule has 1 atom stereocenters. The van der Waals surface area contributed by atoms with E-state index in [2.05, 4.69) is 10.3 Å². The number of anilines is 3. The van der Waals surface area contributed by atoms with Gasteiger partial charge in [0.1, 0.15) is 22.6 Å². The average Bonchev–Trinajstić information content (AvgIpc) is 3.15. The van der Waals surface area contributed by atoms with Gasteiger partial charge in [-0.25, -0.2) is 9.37 Å². The molecule has 1 aromatic heterocycles. The van der Waals surface area contributed by atoms with Crippen LogP contribution in [-0.2, 0) is 4.79 Å². The van der Waals surface area contributed by atoms with Crippen LogP contribution in [0.3, 0.4) is 0 Å². The topological polar surface area (TPSA) is 131 Å². The lowest BCUT2D eigenvalue weighted by atomic mass is 10.1. The van der Waals surface area contributed by atoms with Gasteiger partial charge in [-0.1, -0.05) is 23.5 Å². The fourth-order valence-corrected chi connectivity index (χ4v) is 3.91. The highest BCUT2D eigenvalue weighted by atomic mass is 32.1. The molecule has 5 N–H and O–H groups in total. The smallest absolute Gasteiger partial charge is 0.251 e. The van der Waals surface area contributed by atoms with Crippen molar-refractivity contribution in [3.8, 4) is 0 Å². The van der Waals surface area contributed by atoms with Gasteiger partial charge >= 0.3 is 0 Å². The molecule has 8 nitrogen and oxygen atoms in total. The summed E-state index contributed by atoms with van der Waals surface area (Å²) in [5, 5.41) is 2.77. The molecule has 0 aliphatic rings. The number of aromatic nitrogens is 1. The number of primary amides is 1. The molecular weight excluding hydrogens is 421 g/mol. The molecular formula is C21H20FN5O3S. The van der Waals surface area contributed by atoms with Crippen molar-refractivity contribution in [1.82, 2.24) is 10.3 Å². The zero-order valence-electron chi connectivity index (χ0n) is 16.8. The van der Waals surface area contributed by atoms with Gasteiger partial charge in [0.2, 0.25) is 11.7 Å². The molecule has 0 saturated heterocycles. The minimum atomic E-state index is -0.828. The Bertz CT molecular complexity index is 1130. The van der Waals surface area contributed by atoms with Crippen molar-refractivity contribution in [2.75, 3.05) is 17.7 Å². The predicted octanol–water partition coefficient (Wildman–Crippen LogP) is 2.47. The Hall–Kier alpha value is -3.79. The first-order valence-corrected chi connectivity index (χ1v) is 10.0. The minimum Gasteiger partial charge on any atom is -0.382 e. The van der Waals surface area contributed by atoms with Crippen LogP contribution >= 0.6 is 11.3 Å². The Morgan fingerprint density at radius 3 is 2.19 bits per heavy atom. The Kier molecular flexibility index (Phi) is 6.30. The number of nitrogens with two attached hydrogens (primary N) is 2. The van der Waals surface area contributed by atoms with Crippen LogP contribution < -0.4 is 21.7 Å². The second-order valence-electron chi connectivity index (χ2n) is 6.62. The molecule has 10 heteroatoms. The molecule has 160 valence electrons. The summed E-state index contributed by atoms with van der Waals surface area (Å²) >= 11 is 0.990.